The minimum Gasteiger partial charge on any atom is -0.497 e. The summed E-state index contributed by atoms with van der Waals surface area (Å²) < 4.78 is 4.88. The van der Waals surface area contributed by atoms with E-state index in [1.807, 2.05) is 0 Å². The molecule has 0 aliphatic heterocycles. The number of methoxy groups -OCH3 is 1. The molecule has 0 aliphatic rings. The van der Waals surface area contributed by atoms with Crippen LogP contribution in [0.4, 0.5) is 0 Å². The molecule has 12 heavy (non-hydrogen) atoms. The van der Waals surface area contributed by atoms with Gasteiger partial charge in [-0.15, -0.1) is 0 Å². The van der Waals surface area contributed by atoms with Crippen molar-refractivity contribution in [3.8, 4) is 5.75 Å². The molecule has 0 N–H and O–H groups in total. The number of aldehydes is 1. The van der Waals surface area contributed by atoms with Crippen LogP contribution in [0.1, 0.15) is 10.4 Å². The van der Waals surface area contributed by atoms with Gasteiger partial charge in [-0.2, -0.15) is 0 Å². The first-order chi connectivity index (χ1) is 5.77. The van der Waals surface area contributed by atoms with Crippen molar-refractivity contribution < 1.29 is 14.3 Å². The summed E-state index contributed by atoms with van der Waals surface area (Å²) in [7, 11) is 1.50. The van der Waals surface area contributed by atoms with Gasteiger partial charge in [0.1, 0.15) is 5.75 Å². The Labute approximate surface area is 70.0 Å². The molecule has 0 saturated carbocycles. The Morgan fingerprint density at radius 1 is 1.50 bits per heavy atom. The summed E-state index contributed by atoms with van der Waals surface area (Å²) in [6.07, 6.45) is 0.286. The van der Waals surface area contributed by atoms with Crippen LogP contribution in [0.5, 0.6) is 5.75 Å². The lowest BCUT2D eigenvalue weighted by Crippen LogP contribution is -1.99. The van der Waals surface area contributed by atoms with Crippen molar-refractivity contribution in [3.05, 3.63) is 29.8 Å². The second-order valence-electron chi connectivity index (χ2n) is 2.21. The van der Waals surface area contributed by atoms with Crippen LogP contribution < -0.4 is 4.74 Å². The van der Waals surface area contributed by atoms with Gasteiger partial charge in [0.25, 0.3) is 0 Å². The summed E-state index contributed by atoms with van der Waals surface area (Å²) >= 11 is 0. The molecular weight excluding hydrogens is 156 g/mol. The second kappa shape index (κ2) is 3.67. The van der Waals surface area contributed by atoms with Crippen LogP contribution in [0.2, 0.25) is 0 Å². The van der Waals surface area contributed by atoms with Crippen molar-refractivity contribution in [2.24, 2.45) is 0 Å². The monoisotopic (exact) mass is 164 g/mol. The molecule has 0 heterocycles. The predicted molar refractivity (Wildman–Crippen MR) is 43.4 cm³/mol. The molecule has 1 rings (SSSR count). The molecule has 1 aromatic carbocycles. The molecule has 62 valence electrons. The molecule has 0 unspecified atom stereocenters. The zero-order valence-electron chi connectivity index (χ0n) is 6.61. The highest BCUT2D eigenvalue weighted by Crippen LogP contribution is 2.12. The fraction of sp³-hybridized carbons (Fsp3) is 0.111. The highest BCUT2D eigenvalue weighted by Gasteiger charge is 2.03. The molecule has 0 atom stereocenters. The lowest BCUT2D eigenvalue weighted by atomic mass is 10.1. The highest BCUT2D eigenvalue weighted by molar-refractivity contribution is 6.33. The quantitative estimate of drug-likeness (QED) is 0.381. The van der Waals surface area contributed by atoms with E-state index in [2.05, 4.69) is 0 Å². The van der Waals surface area contributed by atoms with Crippen molar-refractivity contribution in [2.45, 2.75) is 0 Å². The number of Topliss-reactive ketones (excluding diaryl/α,β-unsaturated/α-hetero) is 1. The largest absolute Gasteiger partial charge is 0.497 e. The number of benzene rings is 1. The fourth-order valence-electron chi connectivity index (χ4n) is 0.844. The Morgan fingerprint density at radius 2 is 2.25 bits per heavy atom. The van der Waals surface area contributed by atoms with Crippen molar-refractivity contribution in [1.82, 2.24) is 0 Å². The van der Waals surface area contributed by atoms with Gasteiger partial charge in [-0.1, -0.05) is 12.1 Å². The van der Waals surface area contributed by atoms with E-state index in [1.165, 1.54) is 13.2 Å². The molecule has 0 fully saturated rings. The van der Waals surface area contributed by atoms with Crippen LogP contribution in [0.15, 0.2) is 24.3 Å². The lowest BCUT2D eigenvalue weighted by molar-refractivity contribution is -0.104. The molecule has 0 amide bonds. The molecule has 0 aliphatic carbocycles. The van der Waals surface area contributed by atoms with Crippen molar-refractivity contribution >= 4 is 12.1 Å². The van der Waals surface area contributed by atoms with Crippen LogP contribution in [0.3, 0.4) is 0 Å². The van der Waals surface area contributed by atoms with E-state index in [1.54, 1.807) is 18.2 Å². The average Bonchev–Trinajstić information content (AvgIpc) is 2.17. The Hall–Kier alpha value is -1.64. The Morgan fingerprint density at radius 3 is 2.83 bits per heavy atom. The number of ketones is 1. The first-order valence-corrected chi connectivity index (χ1v) is 3.41. The Bertz CT molecular complexity index is 304. The Kier molecular flexibility index (Phi) is 2.58. The molecular formula is C9H8O3. The lowest BCUT2D eigenvalue weighted by Gasteiger charge is -1.99. The van der Waals surface area contributed by atoms with Gasteiger partial charge in [0.05, 0.1) is 7.11 Å². The van der Waals surface area contributed by atoms with Crippen molar-refractivity contribution in [2.75, 3.05) is 7.11 Å². The van der Waals surface area contributed by atoms with Gasteiger partial charge >= 0.3 is 0 Å². The molecule has 3 nitrogen and oxygen atoms in total. The van der Waals surface area contributed by atoms with E-state index in [0.717, 1.165) is 0 Å². The maximum absolute atomic E-state index is 10.9. The zero-order valence-corrected chi connectivity index (χ0v) is 6.61. The van der Waals surface area contributed by atoms with E-state index < -0.39 is 5.78 Å². The summed E-state index contributed by atoms with van der Waals surface area (Å²) in [6.45, 7) is 0. The summed E-state index contributed by atoms with van der Waals surface area (Å²) in [5.74, 6) is 0.0385. The summed E-state index contributed by atoms with van der Waals surface area (Å²) in [4.78, 5) is 21.0. The van der Waals surface area contributed by atoms with Crippen molar-refractivity contribution in [3.63, 3.8) is 0 Å². The number of hydrogen-bond donors (Lipinski definition) is 0. The summed E-state index contributed by atoms with van der Waals surface area (Å²) in [5.41, 5.74) is 0.351. The number of ether oxygens (including phenoxy) is 1. The van der Waals surface area contributed by atoms with Gasteiger partial charge in [0, 0.05) is 5.56 Å². The summed E-state index contributed by atoms with van der Waals surface area (Å²) in [5, 5.41) is 0. The number of carbonyl (C=O) groups excluding carboxylic acids is 2. The van der Waals surface area contributed by atoms with Crippen LogP contribution >= 0.6 is 0 Å². The Balaban J connectivity index is 3.01. The van der Waals surface area contributed by atoms with Gasteiger partial charge < -0.3 is 4.74 Å². The number of carbonyl (C=O) groups is 2. The normalized spacial score (nSPS) is 9.08. The standard InChI is InChI=1S/C9H8O3/c1-12-8-4-2-3-7(5-8)9(11)6-10/h2-6H,1H3. The fourth-order valence-corrected chi connectivity index (χ4v) is 0.844. The van der Waals surface area contributed by atoms with Crippen LogP contribution in [0.25, 0.3) is 0 Å². The topological polar surface area (TPSA) is 43.4 Å². The number of rotatable bonds is 3. The third-order valence-electron chi connectivity index (χ3n) is 1.46. The maximum atomic E-state index is 10.9. The van der Waals surface area contributed by atoms with Crippen LogP contribution in [0, 0.1) is 0 Å². The van der Waals surface area contributed by atoms with E-state index in [4.69, 9.17) is 4.74 Å². The number of hydrogen-bond acceptors (Lipinski definition) is 3. The van der Waals surface area contributed by atoms with Crippen molar-refractivity contribution in [1.29, 1.82) is 0 Å². The maximum Gasteiger partial charge on any atom is 0.225 e. The van der Waals surface area contributed by atoms with E-state index in [-0.39, 0.29) is 6.29 Å². The molecule has 0 radical (unpaired) electrons. The minimum absolute atomic E-state index is 0.286. The molecule has 1 aromatic rings. The highest BCUT2D eigenvalue weighted by atomic mass is 16.5. The minimum atomic E-state index is -0.533. The van der Waals surface area contributed by atoms with Gasteiger partial charge in [0.15, 0.2) is 6.29 Å². The molecule has 0 saturated heterocycles. The smallest absolute Gasteiger partial charge is 0.225 e. The molecule has 0 aromatic heterocycles. The SMILES string of the molecule is COc1cccc(C(=O)C=O)c1. The van der Waals surface area contributed by atoms with E-state index >= 15 is 0 Å². The van der Waals surface area contributed by atoms with Crippen LogP contribution in [-0.2, 0) is 4.79 Å². The molecule has 3 heteroatoms. The van der Waals surface area contributed by atoms with Gasteiger partial charge in [0.2, 0.25) is 5.78 Å². The zero-order chi connectivity index (χ0) is 8.97. The van der Waals surface area contributed by atoms with E-state index in [9.17, 15) is 9.59 Å². The average molecular weight is 164 g/mol. The van der Waals surface area contributed by atoms with Gasteiger partial charge in [-0.25, -0.2) is 0 Å². The summed E-state index contributed by atoms with van der Waals surface area (Å²) in [6, 6.07) is 6.47. The molecule has 0 bridgehead atoms. The predicted octanol–water partition coefficient (Wildman–Crippen LogP) is 1.08. The van der Waals surface area contributed by atoms with Gasteiger partial charge in [-0.05, 0) is 12.1 Å². The second-order valence-corrected chi connectivity index (χ2v) is 2.21. The molecule has 0 spiro atoms. The first-order valence-electron chi connectivity index (χ1n) is 3.41. The third-order valence-corrected chi connectivity index (χ3v) is 1.46. The van der Waals surface area contributed by atoms with E-state index in [0.29, 0.717) is 11.3 Å². The first kappa shape index (κ1) is 8.46. The van der Waals surface area contributed by atoms with Gasteiger partial charge in [-0.3, -0.25) is 9.59 Å². The van der Waals surface area contributed by atoms with Crippen LogP contribution in [-0.4, -0.2) is 19.2 Å². The third kappa shape index (κ3) is 1.69.